The van der Waals surface area contributed by atoms with Crippen molar-refractivity contribution in [1.82, 2.24) is 0 Å². The number of hydrogen-bond acceptors (Lipinski definition) is 3. The van der Waals surface area contributed by atoms with Gasteiger partial charge >= 0.3 is 0 Å². The van der Waals surface area contributed by atoms with Gasteiger partial charge in [0.15, 0.2) is 0 Å². The van der Waals surface area contributed by atoms with Gasteiger partial charge in [-0.05, 0) is 106 Å². The molecule has 54 heavy (non-hydrogen) atoms. The number of anilines is 4. The molecule has 11 rings (SSSR count). The lowest BCUT2D eigenvalue weighted by molar-refractivity contribution is 0.573. The van der Waals surface area contributed by atoms with E-state index in [1.807, 2.05) is 11.3 Å². The molecule has 1 N–H and O–H groups in total. The number of fused-ring (bicyclic) bond motifs is 10. The summed E-state index contributed by atoms with van der Waals surface area (Å²) in [4.78, 5) is 2.59. The van der Waals surface area contributed by atoms with Crippen LogP contribution in [0.3, 0.4) is 0 Å². The summed E-state index contributed by atoms with van der Waals surface area (Å²) >= 11 is 1.93. The summed E-state index contributed by atoms with van der Waals surface area (Å²) in [6, 6.07) is 58.6. The van der Waals surface area contributed by atoms with Crippen molar-refractivity contribution in [3.8, 4) is 22.3 Å². The zero-order valence-electron chi connectivity index (χ0n) is 30.1. The summed E-state index contributed by atoms with van der Waals surface area (Å²) in [6.07, 6.45) is 7.15. The van der Waals surface area contributed by atoms with Gasteiger partial charge in [-0.3, -0.25) is 0 Å². The Hall–Kier alpha value is -6.16. The Labute approximate surface area is 319 Å². The van der Waals surface area contributed by atoms with Gasteiger partial charge in [-0.25, -0.2) is 0 Å². The van der Waals surface area contributed by atoms with Crippen molar-refractivity contribution in [2.45, 2.75) is 31.7 Å². The van der Waals surface area contributed by atoms with Gasteiger partial charge in [0.05, 0.1) is 6.04 Å². The van der Waals surface area contributed by atoms with Crippen LogP contribution in [0.1, 0.15) is 29.9 Å². The highest BCUT2D eigenvalue weighted by atomic mass is 32.1. The number of nitrogens with one attached hydrogen (secondary N) is 1. The van der Waals surface area contributed by atoms with Gasteiger partial charge in [0, 0.05) is 60.0 Å². The fourth-order valence-electron chi connectivity index (χ4n) is 9.30. The van der Waals surface area contributed by atoms with E-state index in [1.54, 1.807) is 0 Å². The molecule has 0 spiro atoms. The van der Waals surface area contributed by atoms with Crippen LogP contribution in [-0.2, 0) is 0 Å². The van der Waals surface area contributed by atoms with E-state index in [0.717, 1.165) is 17.8 Å². The maximum absolute atomic E-state index is 3.89. The molecule has 0 amide bonds. The molecule has 0 saturated carbocycles. The molecule has 3 heteroatoms. The average Bonchev–Trinajstić information content (AvgIpc) is 3.78. The summed E-state index contributed by atoms with van der Waals surface area (Å²) in [5.41, 5.74) is 12.5. The summed E-state index contributed by atoms with van der Waals surface area (Å²) in [7, 11) is 0. The first-order valence-corrected chi connectivity index (χ1v) is 19.9. The van der Waals surface area contributed by atoms with Crippen LogP contribution in [0, 0.1) is 6.92 Å². The van der Waals surface area contributed by atoms with Gasteiger partial charge in [0.25, 0.3) is 0 Å². The summed E-state index contributed by atoms with van der Waals surface area (Å²) < 4.78 is 2.66. The molecule has 2 atom stereocenters. The number of hydrogen-bond donors (Lipinski definition) is 1. The second-order valence-corrected chi connectivity index (χ2v) is 15.9. The highest BCUT2D eigenvalue weighted by Gasteiger charge is 2.38. The SMILES string of the molecule is Cc1ccc2c(sc3ccc4ccc5ccccc5c4c32)c1-c1cc(N2c3ccccc3C3CCC=CC32)ccc1Nc1ccc(-c2ccccc2)cc1. The van der Waals surface area contributed by atoms with Crippen LogP contribution in [0.4, 0.5) is 22.7 Å². The third-order valence-corrected chi connectivity index (χ3v) is 13.0. The molecule has 0 bridgehead atoms. The summed E-state index contributed by atoms with van der Waals surface area (Å²) in [5.74, 6) is 0.506. The Kier molecular flexibility index (Phi) is 7.25. The minimum atomic E-state index is 0.314. The van der Waals surface area contributed by atoms with Crippen molar-refractivity contribution in [2.24, 2.45) is 0 Å². The van der Waals surface area contributed by atoms with Crippen molar-refractivity contribution >= 4 is 75.8 Å². The molecule has 2 aliphatic rings. The molecule has 1 aliphatic heterocycles. The highest BCUT2D eigenvalue weighted by Crippen LogP contribution is 2.52. The minimum Gasteiger partial charge on any atom is -0.355 e. The Balaban J connectivity index is 1.13. The van der Waals surface area contributed by atoms with E-state index in [0.29, 0.717) is 12.0 Å². The molecule has 2 heterocycles. The first-order valence-electron chi connectivity index (χ1n) is 19.1. The quantitative estimate of drug-likeness (QED) is 0.141. The maximum Gasteiger partial charge on any atom is 0.0591 e. The van der Waals surface area contributed by atoms with Crippen molar-refractivity contribution in [1.29, 1.82) is 0 Å². The van der Waals surface area contributed by atoms with E-state index in [-0.39, 0.29) is 0 Å². The predicted molar refractivity (Wildman–Crippen MR) is 233 cm³/mol. The fourth-order valence-corrected chi connectivity index (χ4v) is 10.6. The lowest BCUT2D eigenvalue weighted by Crippen LogP contribution is -2.29. The van der Waals surface area contributed by atoms with Crippen LogP contribution in [0.25, 0.3) is 64.0 Å². The van der Waals surface area contributed by atoms with Gasteiger partial charge in [-0.2, -0.15) is 0 Å². The Morgan fingerprint density at radius 2 is 1.43 bits per heavy atom. The minimum absolute atomic E-state index is 0.314. The van der Waals surface area contributed by atoms with Crippen LogP contribution in [0.15, 0.2) is 170 Å². The van der Waals surface area contributed by atoms with E-state index in [4.69, 9.17) is 0 Å². The molecule has 2 nitrogen and oxygen atoms in total. The first kappa shape index (κ1) is 31.4. The molecule has 8 aromatic carbocycles. The third kappa shape index (κ3) is 4.92. The van der Waals surface area contributed by atoms with E-state index < -0.39 is 0 Å². The zero-order valence-corrected chi connectivity index (χ0v) is 30.9. The predicted octanol–water partition coefficient (Wildman–Crippen LogP) is 14.7. The maximum atomic E-state index is 3.89. The van der Waals surface area contributed by atoms with Gasteiger partial charge in [-0.15, -0.1) is 11.3 Å². The van der Waals surface area contributed by atoms with E-state index in [1.165, 1.54) is 92.9 Å². The Bertz CT molecular complexity index is 2940. The molecule has 0 radical (unpaired) electrons. The molecule has 0 fully saturated rings. The van der Waals surface area contributed by atoms with Crippen molar-refractivity contribution in [2.75, 3.05) is 10.2 Å². The number of rotatable bonds is 5. The number of thiophene rings is 1. The summed E-state index contributed by atoms with van der Waals surface area (Å²) in [5, 5.41) is 11.8. The molecular weight excluding hydrogens is 673 g/mol. The van der Waals surface area contributed by atoms with Crippen molar-refractivity contribution in [3.05, 3.63) is 181 Å². The third-order valence-electron chi connectivity index (χ3n) is 11.8. The second-order valence-electron chi connectivity index (χ2n) is 14.9. The van der Waals surface area contributed by atoms with Crippen LogP contribution in [0.2, 0.25) is 0 Å². The van der Waals surface area contributed by atoms with Crippen LogP contribution in [0.5, 0.6) is 0 Å². The van der Waals surface area contributed by atoms with Gasteiger partial charge < -0.3 is 10.2 Å². The molecule has 1 aliphatic carbocycles. The standard InChI is InChI=1S/C51H38N2S/c1-32-19-28-42-50-47(30-24-36-21-20-35-13-5-6-14-39(35)49(36)50)54-51(42)48(32)43-31-38(53-45-17-9-7-15-40(45)41-16-8-10-18-46(41)53)27-29-44(43)52-37-25-22-34(23-26-37)33-11-3-2-4-12-33/h2-7,9-15,17-31,41,46,52H,8,16H2,1H3. The molecule has 2 unspecified atom stereocenters. The molecule has 1 aromatic heterocycles. The number of benzene rings is 8. The smallest absolute Gasteiger partial charge is 0.0591 e. The van der Waals surface area contributed by atoms with Gasteiger partial charge in [0.2, 0.25) is 0 Å². The van der Waals surface area contributed by atoms with E-state index >= 15 is 0 Å². The Morgan fingerprint density at radius 3 is 2.33 bits per heavy atom. The van der Waals surface area contributed by atoms with Crippen molar-refractivity contribution in [3.63, 3.8) is 0 Å². The van der Waals surface area contributed by atoms with Crippen LogP contribution >= 0.6 is 11.3 Å². The topological polar surface area (TPSA) is 15.3 Å². The van der Waals surface area contributed by atoms with E-state index in [9.17, 15) is 0 Å². The monoisotopic (exact) mass is 710 g/mol. The molecule has 258 valence electrons. The van der Waals surface area contributed by atoms with Gasteiger partial charge in [-0.1, -0.05) is 127 Å². The second kappa shape index (κ2) is 12.5. The molecule has 0 saturated heterocycles. The normalized spacial score (nSPS) is 16.4. The summed E-state index contributed by atoms with van der Waals surface area (Å²) in [6.45, 7) is 2.28. The number of para-hydroxylation sites is 1. The molecular formula is C51H38N2S. The zero-order chi connectivity index (χ0) is 35.8. The number of allylic oxidation sites excluding steroid dienone is 1. The van der Waals surface area contributed by atoms with Gasteiger partial charge in [0.1, 0.15) is 0 Å². The van der Waals surface area contributed by atoms with Crippen LogP contribution in [-0.4, -0.2) is 6.04 Å². The fraction of sp³-hybridized carbons (Fsp3) is 0.0980. The highest BCUT2D eigenvalue weighted by molar-refractivity contribution is 7.26. The van der Waals surface area contributed by atoms with Crippen LogP contribution < -0.4 is 10.2 Å². The van der Waals surface area contributed by atoms with Crippen molar-refractivity contribution < 1.29 is 0 Å². The van der Waals surface area contributed by atoms with E-state index in [2.05, 4.69) is 187 Å². The number of aryl methyl sites for hydroxylation is 1. The average molecular weight is 711 g/mol. The number of nitrogens with zero attached hydrogens (tertiary/aromatic N) is 1. The molecule has 9 aromatic rings. The first-order chi connectivity index (χ1) is 26.7. The lowest BCUT2D eigenvalue weighted by atomic mass is 9.86. The lowest BCUT2D eigenvalue weighted by Gasteiger charge is -2.31. The largest absolute Gasteiger partial charge is 0.355 e. The Morgan fingerprint density at radius 1 is 0.648 bits per heavy atom.